The highest BCUT2D eigenvalue weighted by Crippen LogP contribution is 2.40. The van der Waals surface area contributed by atoms with Crippen LogP contribution in [0.4, 0.5) is 0 Å². The Kier molecular flexibility index (Phi) is 24.8. The fourth-order valence-electron chi connectivity index (χ4n) is 2.80. The molecule has 2 atom stereocenters. The van der Waals surface area contributed by atoms with Crippen LogP contribution in [-0.4, -0.2) is 71.5 Å². The van der Waals surface area contributed by atoms with Crippen molar-refractivity contribution in [2.24, 2.45) is 5.92 Å². The lowest BCUT2D eigenvalue weighted by Gasteiger charge is -2.42. The van der Waals surface area contributed by atoms with Crippen molar-refractivity contribution in [1.82, 2.24) is 15.1 Å². The van der Waals surface area contributed by atoms with Gasteiger partial charge in [-0.05, 0) is 26.3 Å². The Morgan fingerprint density at radius 1 is 0.966 bits per heavy atom. The number of rotatable bonds is 2. The van der Waals surface area contributed by atoms with Gasteiger partial charge in [-0.1, -0.05) is 83.9 Å². The number of nitrogens with zero attached hydrogens (tertiary/aromatic N) is 2. The van der Waals surface area contributed by atoms with Crippen molar-refractivity contribution in [2.45, 2.75) is 93.9 Å². The van der Waals surface area contributed by atoms with Gasteiger partial charge in [0.1, 0.15) is 0 Å². The van der Waals surface area contributed by atoms with Crippen molar-refractivity contribution in [2.75, 3.05) is 45.0 Å². The molecule has 2 aliphatic rings. The monoisotopic (exact) mass is 451 g/mol. The summed E-state index contributed by atoms with van der Waals surface area (Å²) >= 11 is 0. The van der Waals surface area contributed by atoms with Crippen LogP contribution in [0.5, 0.6) is 0 Å². The van der Waals surface area contributed by atoms with Crippen LogP contribution in [0.25, 0.3) is 0 Å². The van der Waals surface area contributed by atoms with Crippen molar-refractivity contribution >= 4 is 27.5 Å². The van der Waals surface area contributed by atoms with Gasteiger partial charge in [0, 0.05) is 56.2 Å². The SMILES string of the molecule is CC.CC.CC.CC.CC(=O)N1CCN(C[C@H]2NCC(C)CSSC2(C)C)CC1. The first-order valence-electron chi connectivity index (χ1n) is 11.9. The molecule has 29 heavy (non-hydrogen) atoms. The Morgan fingerprint density at radius 3 is 1.90 bits per heavy atom. The normalized spacial score (nSPS) is 23.7. The molecule has 1 amide bonds. The van der Waals surface area contributed by atoms with Gasteiger partial charge in [0.15, 0.2) is 0 Å². The molecular formula is C23H53N3OS2. The van der Waals surface area contributed by atoms with Gasteiger partial charge in [-0.2, -0.15) is 0 Å². The van der Waals surface area contributed by atoms with E-state index in [0.717, 1.165) is 45.2 Å². The molecule has 0 aromatic heterocycles. The molecule has 0 aromatic rings. The van der Waals surface area contributed by atoms with Crippen molar-refractivity contribution in [1.29, 1.82) is 0 Å². The van der Waals surface area contributed by atoms with Gasteiger partial charge in [0.05, 0.1) is 0 Å². The third-order valence-corrected chi connectivity index (χ3v) is 8.02. The molecule has 0 spiro atoms. The van der Waals surface area contributed by atoms with E-state index in [-0.39, 0.29) is 10.7 Å². The highest BCUT2D eigenvalue weighted by atomic mass is 33.1. The Hall–Kier alpha value is 0.0900. The molecule has 1 N–H and O–H groups in total. The summed E-state index contributed by atoms with van der Waals surface area (Å²) in [5.74, 6) is 2.17. The van der Waals surface area contributed by atoms with Crippen LogP contribution in [0, 0.1) is 5.92 Å². The van der Waals surface area contributed by atoms with Crippen LogP contribution >= 0.6 is 21.6 Å². The molecule has 2 heterocycles. The minimum Gasteiger partial charge on any atom is -0.340 e. The summed E-state index contributed by atoms with van der Waals surface area (Å²) in [6, 6.07) is 0.502. The molecule has 2 saturated heterocycles. The van der Waals surface area contributed by atoms with Gasteiger partial charge in [-0.25, -0.2) is 0 Å². The molecule has 2 aliphatic heterocycles. The van der Waals surface area contributed by atoms with Gasteiger partial charge in [-0.15, -0.1) is 0 Å². The highest BCUT2D eigenvalue weighted by Gasteiger charge is 2.34. The maximum absolute atomic E-state index is 11.4. The zero-order valence-corrected chi connectivity index (χ0v) is 23.4. The number of nitrogens with one attached hydrogen (secondary N) is 1. The molecule has 1 unspecified atom stereocenters. The lowest BCUT2D eigenvalue weighted by Crippen LogP contribution is -2.57. The first-order chi connectivity index (χ1) is 13.9. The van der Waals surface area contributed by atoms with Crippen molar-refractivity contribution < 1.29 is 4.79 Å². The number of hydrogen-bond donors (Lipinski definition) is 1. The summed E-state index contributed by atoms with van der Waals surface area (Å²) in [5, 5.41) is 3.79. The van der Waals surface area contributed by atoms with E-state index < -0.39 is 0 Å². The van der Waals surface area contributed by atoms with Gasteiger partial charge in [0.25, 0.3) is 0 Å². The van der Waals surface area contributed by atoms with Crippen molar-refractivity contribution in [3.8, 4) is 0 Å². The van der Waals surface area contributed by atoms with E-state index in [0.29, 0.717) is 6.04 Å². The number of hydrogen-bond acceptors (Lipinski definition) is 5. The average molecular weight is 452 g/mol. The third-order valence-electron chi connectivity index (χ3n) is 4.44. The van der Waals surface area contributed by atoms with Crippen molar-refractivity contribution in [3.63, 3.8) is 0 Å². The molecule has 6 heteroatoms. The minimum atomic E-state index is 0.208. The van der Waals surface area contributed by atoms with Crippen LogP contribution in [-0.2, 0) is 4.79 Å². The Bertz CT molecular complexity index is 360. The maximum Gasteiger partial charge on any atom is 0.219 e. The summed E-state index contributed by atoms with van der Waals surface area (Å²) in [6.07, 6.45) is 0. The van der Waals surface area contributed by atoms with Crippen LogP contribution in [0.1, 0.15) is 83.1 Å². The number of piperazine rings is 1. The minimum absolute atomic E-state index is 0.208. The maximum atomic E-state index is 11.4. The fourth-order valence-corrected chi connectivity index (χ4v) is 5.95. The van der Waals surface area contributed by atoms with Gasteiger partial charge in [0.2, 0.25) is 5.91 Å². The van der Waals surface area contributed by atoms with Crippen LogP contribution in [0.15, 0.2) is 0 Å². The fraction of sp³-hybridized carbons (Fsp3) is 0.957. The molecule has 0 aromatic carbocycles. The van der Waals surface area contributed by atoms with Crippen molar-refractivity contribution in [3.05, 3.63) is 0 Å². The molecule has 2 rings (SSSR count). The van der Waals surface area contributed by atoms with E-state index in [1.807, 2.05) is 81.9 Å². The molecular weight excluding hydrogens is 398 g/mol. The van der Waals surface area contributed by atoms with Gasteiger partial charge in [-0.3, -0.25) is 9.69 Å². The lowest BCUT2D eigenvalue weighted by atomic mass is 10.0. The molecule has 0 bridgehead atoms. The Morgan fingerprint density at radius 2 is 1.45 bits per heavy atom. The summed E-state index contributed by atoms with van der Waals surface area (Å²) in [7, 11) is 4.04. The van der Waals surface area contributed by atoms with Crippen LogP contribution in [0.3, 0.4) is 0 Å². The second-order valence-corrected chi connectivity index (χ2v) is 9.84. The number of carbonyl (C=O) groups is 1. The number of carbonyl (C=O) groups excluding carboxylic acids is 1. The standard InChI is InChI=1S/C15H29N3OS2.4C2H6/c1-12-9-16-14(15(3,4)21-20-11-12)10-17-5-7-18(8-6-17)13(2)19;4*1-2/h12,14,16H,5-11H2,1-4H3;4*1-2H3/t12?,14-;;;;/m1..../s1. The zero-order chi connectivity index (χ0) is 23.5. The summed E-state index contributed by atoms with van der Waals surface area (Å²) < 4.78 is 0.239. The zero-order valence-electron chi connectivity index (χ0n) is 21.7. The first kappa shape index (κ1) is 33.7. The Labute approximate surface area is 192 Å². The Balaban J connectivity index is -0.000000754. The van der Waals surface area contributed by atoms with Gasteiger partial charge < -0.3 is 10.2 Å². The molecule has 178 valence electrons. The average Bonchev–Trinajstić information content (AvgIpc) is 2.76. The summed E-state index contributed by atoms with van der Waals surface area (Å²) in [4.78, 5) is 15.9. The first-order valence-corrected chi connectivity index (χ1v) is 14.2. The van der Waals surface area contributed by atoms with Gasteiger partial charge >= 0.3 is 0 Å². The summed E-state index contributed by atoms with van der Waals surface area (Å²) in [6.45, 7) is 30.6. The van der Waals surface area contributed by atoms with E-state index in [1.54, 1.807) is 6.92 Å². The van der Waals surface area contributed by atoms with Crippen LogP contribution < -0.4 is 5.32 Å². The topological polar surface area (TPSA) is 35.6 Å². The predicted molar refractivity (Wildman–Crippen MR) is 139 cm³/mol. The number of amides is 1. The molecule has 0 radical (unpaired) electrons. The second-order valence-electron chi connectivity index (χ2n) is 6.84. The van der Waals surface area contributed by atoms with E-state index in [9.17, 15) is 4.79 Å². The lowest BCUT2D eigenvalue weighted by molar-refractivity contribution is -0.130. The molecule has 4 nitrogen and oxygen atoms in total. The smallest absolute Gasteiger partial charge is 0.219 e. The van der Waals surface area contributed by atoms with E-state index >= 15 is 0 Å². The predicted octanol–water partition coefficient (Wildman–Crippen LogP) is 6.02. The molecule has 0 saturated carbocycles. The quantitative estimate of drug-likeness (QED) is 0.519. The van der Waals surface area contributed by atoms with E-state index in [1.165, 1.54) is 5.75 Å². The molecule has 0 aliphatic carbocycles. The third kappa shape index (κ3) is 14.7. The van der Waals surface area contributed by atoms with E-state index in [4.69, 9.17) is 0 Å². The second kappa shape index (κ2) is 21.3. The summed E-state index contributed by atoms with van der Waals surface area (Å²) in [5.41, 5.74) is 0. The van der Waals surface area contributed by atoms with E-state index in [2.05, 4.69) is 31.0 Å². The molecule has 2 fully saturated rings. The largest absolute Gasteiger partial charge is 0.340 e. The van der Waals surface area contributed by atoms with Crippen LogP contribution in [0.2, 0.25) is 0 Å². The highest BCUT2D eigenvalue weighted by molar-refractivity contribution is 8.77.